The van der Waals surface area contributed by atoms with E-state index in [4.69, 9.17) is 19.1 Å². The third-order valence-corrected chi connectivity index (χ3v) is 9.21. The normalized spacial score (nSPS) is 12.1. The Morgan fingerprint density at radius 2 is 1.14 bits per heavy atom. The molecule has 0 saturated heterocycles. The maximum atomic E-state index is 12.4. The number of carboxylic acids is 1. The van der Waals surface area contributed by atoms with Crippen LogP contribution in [0.15, 0.2) is 12.1 Å². The first-order valence-electron chi connectivity index (χ1n) is 13.7. The molecule has 0 bridgehead atoms. The summed E-state index contributed by atoms with van der Waals surface area (Å²) in [6, 6.07) is 3.81. The first kappa shape index (κ1) is 45.8. The van der Waals surface area contributed by atoms with Crippen LogP contribution in [0.5, 0.6) is 0 Å². The van der Waals surface area contributed by atoms with Crippen molar-refractivity contribution in [1.82, 2.24) is 0 Å². The fourth-order valence-corrected chi connectivity index (χ4v) is 6.60. The van der Waals surface area contributed by atoms with Crippen molar-refractivity contribution in [3.63, 3.8) is 0 Å². The number of carboxylic acid groups (broad SMARTS) is 1. The van der Waals surface area contributed by atoms with Gasteiger partial charge in [-0.2, -0.15) is 0 Å². The van der Waals surface area contributed by atoms with Gasteiger partial charge in [-0.05, 0) is 82.8 Å². The van der Waals surface area contributed by atoms with Crippen molar-refractivity contribution >= 4 is 38.7 Å². The average Bonchev–Trinajstić information content (AvgIpc) is 3.71. The SMILES string of the molecule is O=C(O)CCCCc1ccc(C(=O)CCCCCCS(=O)(=O)CCCCCCC(=O)[C]2[CH][CH][CH][CH]2)s1.[99Tc].[C-]#[O+].[C-]#[O+].[C-]#[O+]. The minimum atomic E-state index is -3.04. The Hall–Kier alpha value is -1.67. The van der Waals surface area contributed by atoms with Gasteiger partial charge in [0.1, 0.15) is 15.6 Å². The summed E-state index contributed by atoms with van der Waals surface area (Å²) in [4.78, 5) is 36.7. The molecule has 43 heavy (non-hydrogen) atoms. The molecule has 0 aliphatic heterocycles. The Labute approximate surface area is 274 Å². The van der Waals surface area contributed by atoms with Crippen LogP contribution in [0.2, 0.25) is 0 Å². The Balaban J connectivity index is -0.00000214. The van der Waals surface area contributed by atoms with E-state index in [1.54, 1.807) is 0 Å². The number of hydrogen-bond acceptors (Lipinski definition) is 6. The number of aliphatic carboxylic acids is 1. The molecule has 0 spiro atoms. The molecule has 1 saturated carbocycles. The van der Waals surface area contributed by atoms with Crippen LogP contribution in [0.4, 0.5) is 0 Å². The number of carbonyl (C=O) groups excluding carboxylic acids is 2. The van der Waals surface area contributed by atoms with Gasteiger partial charge in [0.05, 0.1) is 16.4 Å². The van der Waals surface area contributed by atoms with Gasteiger partial charge in [0, 0.05) is 50.2 Å². The fourth-order valence-electron chi connectivity index (χ4n) is 4.09. The predicted octanol–water partition coefficient (Wildman–Crippen LogP) is 5.90. The van der Waals surface area contributed by atoms with E-state index in [0.717, 1.165) is 67.0 Å². The summed E-state index contributed by atoms with van der Waals surface area (Å²) in [6.07, 6.45) is 16.9. The van der Waals surface area contributed by atoms with Crippen LogP contribution in [0.25, 0.3) is 0 Å². The van der Waals surface area contributed by atoms with Crippen LogP contribution in [0.3, 0.4) is 0 Å². The molecular formula is C31H39O9S2Tc. The van der Waals surface area contributed by atoms with Gasteiger partial charge in [0.25, 0.3) is 0 Å². The van der Waals surface area contributed by atoms with E-state index < -0.39 is 15.8 Å². The summed E-state index contributed by atoms with van der Waals surface area (Å²) in [7, 11) is -3.04. The van der Waals surface area contributed by atoms with Crippen LogP contribution < -0.4 is 0 Å². The van der Waals surface area contributed by atoms with E-state index in [2.05, 4.69) is 20.0 Å². The van der Waals surface area contributed by atoms with Crippen molar-refractivity contribution in [2.75, 3.05) is 11.5 Å². The zero-order valence-corrected chi connectivity index (χ0v) is 27.7. The Morgan fingerprint density at radius 3 is 1.65 bits per heavy atom. The fraction of sp³-hybridized carbons (Fsp3) is 0.516. The molecule has 1 aliphatic rings. The predicted molar refractivity (Wildman–Crippen MR) is 156 cm³/mol. The van der Waals surface area contributed by atoms with Gasteiger partial charge in [0.2, 0.25) is 0 Å². The third kappa shape index (κ3) is 24.3. The van der Waals surface area contributed by atoms with E-state index in [1.807, 2.05) is 37.8 Å². The summed E-state index contributed by atoms with van der Waals surface area (Å²) in [5, 5.41) is 8.68. The molecule has 1 aromatic rings. The summed E-state index contributed by atoms with van der Waals surface area (Å²) in [5.74, 6) is 0.663. The first-order valence-corrected chi connectivity index (χ1v) is 16.3. The van der Waals surface area contributed by atoms with Gasteiger partial charge in [-0.3, -0.25) is 14.4 Å². The van der Waals surface area contributed by atoms with E-state index in [0.29, 0.717) is 32.1 Å². The second-order valence-electron chi connectivity index (χ2n) is 9.37. The zero-order chi connectivity index (χ0) is 32.2. The number of unbranched alkanes of at least 4 members (excludes halogenated alkanes) is 7. The van der Waals surface area contributed by atoms with Crippen molar-refractivity contribution in [1.29, 1.82) is 0 Å². The number of hydrogen-bond donors (Lipinski definition) is 1. The van der Waals surface area contributed by atoms with Crippen LogP contribution in [-0.4, -0.2) is 42.6 Å². The molecule has 1 fully saturated rings. The van der Waals surface area contributed by atoms with Gasteiger partial charge in [0.15, 0.2) is 5.78 Å². The number of thiophene rings is 1. The first-order chi connectivity index (χ1) is 20.3. The average molecular weight is 719 g/mol. The Kier molecular flexibility index (Phi) is 32.3. The van der Waals surface area contributed by atoms with E-state index in [-0.39, 0.29) is 49.6 Å². The van der Waals surface area contributed by atoms with E-state index in [1.165, 1.54) is 11.3 Å². The van der Waals surface area contributed by atoms with Gasteiger partial charge in [-0.15, -0.1) is 11.3 Å². The van der Waals surface area contributed by atoms with Crippen molar-refractivity contribution in [2.24, 2.45) is 0 Å². The van der Waals surface area contributed by atoms with Crippen molar-refractivity contribution < 1.29 is 62.0 Å². The molecule has 236 valence electrons. The summed E-state index contributed by atoms with van der Waals surface area (Å²) in [6.45, 7) is 13.5. The molecule has 6 radical (unpaired) electrons. The molecule has 2 rings (SSSR count). The molecule has 12 heteroatoms. The Morgan fingerprint density at radius 1 is 0.674 bits per heavy atom. The van der Waals surface area contributed by atoms with Crippen molar-refractivity contribution in [2.45, 2.75) is 89.9 Å². The van der Waals surface area contributed by atoms with E-state index >= 15 is 0 Å². The monoisotopic (exact) mass is 718 g/mol. The number of ketones is 2. The number of Topliss-reactive ketones (excluding diaryl/α,β-unsaturated/α-hetero) is 2. The molecule has 1 N–H and O–H groups in total. The van der Waals surface area contributed by atoms with Gasteiger partial charge < -0.3 is 5.11 Å². The second-order valence-corrected chi connectivity index (χ2v) is 12.8. The molecule has 0 atom stereocenters. The number of rotatable bonds is 21. The molecule has 1 aromatic heterocycles. The number of carbonyl (C=O) groups is 3. The molecular weight excluding hydrogens is 679 g/mol. The van der Waals surface area contributed by atoms with Crippen LogP contribution in [-0.2, 0) is 59.9 Å². The summed E-state index contributed by atoms with van der Waals surface area (Å²) in [5.41, 5.74) is 0. The zero-order valence-electron chi connectivity index (χ0n) is 24.2. The van der Waals surface area contributed by atoms with Crippen LogP contribution >= 0.6 is 11.3 Å². The molecule has 1 heterocycles. The molecule has 9 nitrogen and oxygen atoms in total. The van der Waals surface area contributed by atoms with Crippen LogP contribution in [0.1, 0.15) is 98.0 Å². The summed E-state index contributed by atoms with van der Waals surface area (Å²) < 4.78 is 47.0. The number of sulfone groups is 1. The standard InChI is InChI=1S/C28H39O6S2.3CO.Tc/c29-25(23-13-7-8-14-23)16-5-1-3-11-21-36(33,34)22-12-4-2-6-17-26(30)27-20-19-24(35-27)15-9-10-18-28(31)32;3*1-2;/h7-8,13-14,19-20H,1-6,9-12,15-18,21-22H2,(H,31,32);;;;/i;;;;1+1. The second kappa shape index (κ2) is 30.4. The molecule has 0 amide bonds. The topological polar surface area (TPSA) is 165 Å². The Bertz CT molecular complexity index is 1040. The minimum absolute atomic E-state index is 0. The van der Waals surface area contributed by atoms with Gasteiger partial charge in [-0.25, -0.2) is 8.42 Å². The van der Waals surface area contributed by atoms with Gasteiger partial charge in [-0.1, -0.05) is 25.7 Å². The number of aryl methyl sites for hydroxylation is 1. The molecule has 0 unspecified atom stereocenters. The molecule has 0 aromatic carbocycles. The third-order valence-electron chi connectivity index (χ3n) is 6.20. The summed E-state index contributed by atoms with van der Waals surface area (Å²) >= 11 is 1.49. The van der Waals surface area contributed by atoms with E-state index in [9.17, 15) is 22.8 Å². The van der Waals surface area contributed by atoms with Gasteiger partial charge >= 0.3 is 39.9 Å². The maximum absolute atomic E-state index is 12.4. The quantitative estimate of drug-likeness (QED) is 0.0719. The molecule has 1 aliphatic carbocycles. The van der Waals surface area contributed by atoms with Crippen molar-refractivity contribution in [3.05, 3.63) is 73.4 Å². The van der Waals surface area contributed by atoms with Crippen molar-refractivity contribution in [3.8, 4) is 0 Å². The van der Waals surface area contributed by atoms with Crippen LogP contribution in [0, 0.1) is 51.6 Å².